The highest BCUT2D eigenvalue weighted by molar-refractivity contribution is 5.87. The second-order valence-electron chi connectivity index (χ2n) is 4.91. The summed E-state index contributed by atoms with van der Waals surface area (Å²) in [5, 5.41) is 9.25. The Morgan fingerprint density at radius 2 is 2.00 bits per heavy atom. The molecule has 5 nitrogen and oxygen atoms in total. The summed E-state index contributed by atoms with van der Waals surface area (Å²) in [5.41, 5.74) is 0.745. The molecular weight excluding hydrogens is 258 g/mol. The van der Waals surface area contributed by atoms with E-state index in [0.29, 0.717) is 13.0 Å². The van der Waals surface area contributed by atoms with Crippen LogP contribution in [0.25, 0.3) is 0 Å². The molecule has 1 amide bonds. The van der Waals surface area contributed by atoms with Crippen molar-refractivity contribution >= 4 is 11.9 Å². The van der Waals surface area contributed by atoms with E-state index in [1.165, 1.54) is 12.0 Å². The molecule has 0 aromatic heterocycles. The zero-order valence-electron chi connectivity index (χ0n) is 11.5. The fourth-order valence-corrected chi connectivity index (χ4v) is 2.61. The zero-order chi connectivity index (χ0) is 14.5. The van der Waals surface area contributed by atoms with Crippen LogP contribution in [0.1, 0.15) is 30.9 Å². The first-order valence-electron chi connectivity index (χ1n) is 6.76. The van der Waals surface area contributed by atoms with Gasteiger partial charge in [-0.05, 0) is 24.8 Å². The van der Waals surface area contributed by atoms with Gasteiger partial charge in [0.1, 0.15) is 6.04 Å². The molecule has 20 heavy (non-hydrogen) atoms. The number of hydrogen-bond donors (Lipinski definition) is 1. The molecule has 1 N–H and O–H groups in total. The van der Waals surface area contributed by atoms with E-state index in [4.69, 9.17) is 4.74 Å². The fourth-order valence-electron chi connectivity index (χ4n) is 2.61. The third-order valence-corrected chi connectivity index (χ3v) is 3.63. The Labute approximate surface area is 118 Å². The Bertz CT molecular complexity index is 474. The molecule has 1 heterocycles. The number of nitrogens with zero attached hydrogens (tertiary/aromatic N) is 1. The molecule has 2 atom stereocenters. The van der Waals surface area contributed by atoms with E-state index in [0.717, 1.165) is 18.4 Å². The SMILES string of the molecule is COC(C(=O)N1CCCC[C@@H]1C(=O)O)c1ccccc1. The maximum absolute atomic E-state index is 12.6. The molecule has 0 saturated carbocycles. The maximum atomic E-state index is 12.6. The van der Waals surface area contributed by atoms with Gasteiger partial charge >= 0.3 is 5.97 Å². The van der Waals surface area contributed by atoms with E-state index in [1.54, 1.807) is 0 Å². The van der Waals surface area contributed by atoms with Crippen molar-refractivity contribution in [1.82, 2.24) is 4.90 Å². The van der Waals surface area contributed by atoms with Gasteiger partial charge in [-0.3, -0.25) is 4.79 Å². The molecule has 1 aliphatic heterocycles. The summed E-state index contributed by atoms with van der Waals surface area (Å²) in [5.74, 6) is -1.22. The normalized spacial score (nSPS) is 20.4. The average molecular weight is 277 g/mol. The highest BCUT2D eigenvalue weighted by atomic mass is 16.5. The number of carboxylic acid groups (broad SMARTS) is 1. The lowest BCUT2D eigenvalue weighted by atomic mass is 10.00. The van der Waals surface area contributed by atoms with Gasteiger partial charge in [0.15, 0.2) is 6.10 Å². The van der Waals surface area contributed by atoms with Crippen molar-refractivity contribution in [1.29, 1.82) is 0 Å². The summed E-state index contributed by atoms with van der Waals surface area (Å²) in [4.78, 5) is 25.3. The lowest BCUT2D eigenvalue weighted by Crippen LogP contribution is -2.49. The van der Waals surface area contributed by atoms with Gasteiger partial charge in [-0.1, -0.05) is 30.3 Å². The minimum atomic E-state index is -0.944. The molecule has 1 fully saturated rings. The minimum Gasteiger partial charge on any atom is -0.480 e. The average Bonchev–Trinajstić information content (AvgIpc) is 2.49. The van der Waals surface area contributed by atoms with Crippen LogP contribution in [0.4, 0.5) is 0 Å². The summed E-state index contributed by atoms with van der Waals surface area (Å²) in [7, 11) is 1.47. The smallest absolute Gasteiger partial charge is 0.326 e. The first-order chi connectivity index (χ1) is 9.65. The Kier molecular flexibility index (Phi) is 4.74. The van der Waals surface area contributed by atoms with E-state index in [9.17, 15) is 14.7 Å². The third kappa shape index (κ3) is 2.99. The van der Waals surface area contributed by atoms with Gasteiger partial charge in [0.05, 0.1) is 0 Å². The Balaban J connectivity index is 2.21. The van der Waals surface area contributed by atoms with Gasteiger partial charge in [0, 0.05) is 13.7 Å². The number of benzene rings is 1. The summed E-state index contributed by atoms with van der Waals surface area (Å²) in [6.45, 7) is 0.475. The minimum absolute atomic E-state index is 0.272. The molecule has 2 rings (SSSR count). The van der Waals surface area contributed by atoms with Crippen LogP contribution in [0, 0.1) is 0 Å². The van der Waals surface area contributed by atoms with E-state index in [2.05, 4.69) is 0 Å². The predicted molar refractivity (Wildman–Crippen MR) is 73.2 cm³/mol. The molecule has 1 unspecified atom stereocenters. The Morgan fingerprint density at radius 3 is 2.60 bits per heavy atom. The number of rotatable bonds is 4. The van der Waals surface area contributed by atoms with Gasteiger partial charge < -0.3 is 14.7 Å². The number of carbonyl (C=O) groups excluding carboxylic acids is 1. The monoisotopic (exact) mass is 277 g/mol. The van der Waals surface area contributed by atoms with Crippen molar-refractivity contribution in [3.8, 4) is 0 Å². The van der Waals surface area contributed by atoms with E-state index in [-0.39, 0.29) is 5.91 Å². The third-order valence-electron chi connectivity index (χ3n) is 3.63. The molecule has 1 aliphatic rings. The molecule has 1 aromatic rings. The quantitative estimate of drug-likeness (QED) is 0.912. The number of aliphatic carboxylic acids is 1. The molecule has 0 bridgehead atoms. The van der Waals surface area contributed by atoms with Crippen molar-refractivity contribution in [2.24, 2.45) is 0 Å². The van der Waals surface area contributed by atoms with Crippen molar-refractivity contribution in [2.75, 3.05) is 13.7 Å². The summed E-state index contributed by atoms with van der Waals surface area (Å²) in [6, 6.07) is 8.41. The standard InChI is InChI=1S/C15H19NO4/c1-20-13(11-7-3-2-4-8-11)14(17)16-10-6-5-9-12(16)15(18)19/h2-4,7-8,12-13H,5-6,9-10H2,1H3,(H,18,19)/t12-,13?/m1/s1. The summed E-state index contributed by atoms with van der Waals surface area (Å²) >= 11 is 0. The Morgan fingerprint density at radius 1 is 1.30 bits per heavy atom. The second kappa shape index (κ2) is 6.52. The number of amides is 1. The van der Waals surface area contributed by atoms with Gasteiger partial charge in [0.2, 0.25) is 0 Å². The van der Waals surface area contributed by atoms with Gasteiger partial charge in [0.25, 0.3) is 5.91 Å². The van der Waals surface area contributed by atoms with Crippen LogP contribution in [0.15, 0.2) is 30.3 Å². The van der Waals surface area contributed by atoms with Crippen LogP contribution in [0.3, 0.4) is 0 Å². The van der Waals surface area contributed by atoms with Crippen molar-refractivity contribution < 1.29 is 19.4 Å². The van der Waals surface area contributed by atoms with Crippen LogP contribution < -0.4 is 0 Å². The summed E-state index contributed by atoms with van der Waals surface area (Å²) in [6.07, 6.45) is 1.44. The number of likely N-dealkylation sites (tertiary alicyclic amines) is 1. The predicted octanol–water partition coefficient (Wildman–Crippen LogP) is 1.84. The lowest BCUT2D eigenvalue weighted by molar-refractivity contribution is -0.157. The highest BCUT2D eigenvalue weighted by Gasteiger charge is 2.35. The molecule has 0 radical (unpaired) electrons. The first kappa shape index (κ1) is 14.5. The number of ether oxygens (including phenoxy) is 1. The maximum Gasteiger partial charge on any atom is 0.326 e. The lowest BCUT2D eigenvalue weighted by Gasteiger charge is -2.35. The molecule has 0 aliphatic carbocycles. The highest BCUT2D eigenvalue weighted by Crippen LogP contribution is 2.25. The topological polar surface area (TPSA) is 66.8 Å². The molecule has 108 valence electrons. The number of carbonyl (C=O) groups is 2. The summed E-state index contributed by atoms with van der Waals surface area (Å²) < 4.78 is 5.30. The van der Waals surface area contributed by atoms with E-state index in [1.807, 2.05) is 30.3 Å². The zero-order valence-corrected chi connectivity index (χ0v) is 11.5. The van der Waals surface area contributed by atoms with Crippen LogP contribution in [-0.4, -0.2) is 41.6 Å². The van der Waals surface area contributed by atoms with E-state index >= 15 is 0 Å². The molecule has 0 spiro atoms. The van der Waals surface area contributed by atoms with Crippen molar-refractivity contribution in [3.05, 3.63) is 35.9 Å². The van der Waals surface area contributed by atoms with Gasteiger partial charge in [-0.15, -0.1) is 0 Å². The molecule has 5 heteroatoms. The number of piperidine rings is 1. The van der Waals surface area contributed by atoms with Crippen LogP contribution in [-0.2, 0) is 14.3 Å². The van der Waals surface area contributed by atoms with Crippen LogP contribution >= 0.6 is 0 Å². The molecule has 1 aromatic carbocycles. The van der Waals surface area contributed by atoms with E-state index < -0.39 is 18.1 Å². The van der Waals surface area contributed by atoms with Gasteiger partial charge in [-0.25, -0.2) is 4.79 Å². The molecule has 1 saturated heterocycles. The van der Waals surface area contributed by atoms with Crippen LogP contribution in [0.5, 0.6) is 0 Å². The van der Waals surface area contributed by atoms with Crippen LogP contribution in [0.2, 0.25) is 0 Å². The Hall–Kier alpha value is -1.88. The fraction of sp³-hybridized carbons (Fsp3) is 0.467. The van der Waals surface area contributed by atoms with Crippen molar-refractivity contribution in [2.45, 2.75) is 31.4 Å². The van der Waals surface area contributed by atoms with Gasteiger partial charge in [-0.2, -0.15) is 0 Å². The number of carboxylic acids is 1. The first-order valence-corrected chi connectivity index (χ1v) is 6.76. The number of hydrogen-bond acceptors (Lipinski definition) is 3. The van der Waals surface area contributed by atoms with Crippen molar-refractivity contribution in [3.63, 3.8) is 0 Å². The number of methoxy groups -OCH3 is 1. The molecular formula is C15H19NO4. The second-order valence-corrected chi connectivity index (χ2v) is 4.91. The largest absolute Gasteiger partial charge is 0.480 e.